The van der Waals surface area contributed by atoms with Crippen molar-refractivity contribution in [3.8, 4) is 0 Å². The summed E-state index contributed by atoms with van der Waals surface area (Å²) in [5.41, 5.74) is 0. The monoisotopic (exact) mass is 211 g/mol. The van der Waals surface area contributed by atoms with Gasteiger partial charge in [-0.25, -0.2) is 0 Å². The predicted octanol–water partition coefficient (Wildman–Crippen LogP) is -1.10. The SMILES string of the molecule is CN1CC(C(=O)N2CCNCC2)CC1=O. The molecule has 0 aromatic carbocycles. The van der Waals surface area contributed by atoms with Crippen molar-refractivity contribution in [1.82, 2.24) is 15.1 Å². The normalized spacial score (nSPS) is 27.3. The summed E-state index contributed by atoms with van der Waals surface area (Å²) in [4.78, 5) is 26.8. The lowest BCUT2D eigenvalue weighted by Crippen LogP contribution is -2.48. The topological polar surface area (TPSA) is 52.7 Å². The van der Waals surface area contributed by atoms with Crippen LogP contribution in [0.3, 0.4) is 0 Å². The van der Waals surface area contributed by atoms with Gasteiger partial charge in [0.05, 0.1) is 5.92 Å². The van der Waals surface area contributed by atoms with Gasteiger partial charge in [0, 0.05) is 46.2 Å². The van der Waals surface area contributed by atoms with E-state index in [1.54, 1.807) is 11.9 Å². The van der Waals surface area contributed by atoms with E-state index in [0.29, 0.717) is 13.0 Å². The maximum absolute atomic E-state index is 12.0. The van der Waals surface area contributed by atoms with Gasteiger partial charge in [-0.2, -0.15) is 0 Å². The molecule has 15 heavy (non-hydrogen) atoms. The van der Waals surface area contributed by atoms with Crippen molar-refractivity contribution in [3.63, 3.8) is 0 Å². The first-order valence-electron chi connectivity index (χ1n) is 5.42. The first kappa shape index (κ1) is 10.4. The number of carbonyl (C=O) groups is 2. The van der Waals surface area contributed by atoms with Crippen molar-refractivity contribution in [3.05, 3.63) is 0 Å². The van der Waals surface area contributed by atoms with E-state index in [-0.39, 0.29) is 17.7 Å². The number of nitrogens with zero attached hydrogens (tertiary/aromatic N) is 2. The summed E-state index contributed by atoms with van der Waals surface area (Å²) in [5, 5.41) is 3.21. The average Bonchev–Trinajstić information content (AvgIpc) is 2.59. The molecule has 2 heterocycles. The van der Waals surface area contributed by atoms with Crippen molar-refractivity contribution >= 4 is 11.8 Å². The Hall–Kier alpha value is -1.10. The van der Waals surface area contributed by atoms with E-state index in [1.807, 2.05) is 4.90 Å². The van der Waals surface area contributed by atoms with Crippen LogP contribution in [0.2, 0.25) is 0 Å². The van der Waals surface area contributed by atoms with Crippen molar-refractivity contribution < 1.29 is 9.59 Å². The van der Waals surface area contributed by atoms with E-state index in [0.717, 1.165) is 26.2 Å². The molecule has 2 fully saturated rings. The van der Waals surface area contributed by atoms with E-state index in [4.69, 9.17) is 0 Å². The lowest BCUT2D eigenvalue weighted by molar-refractivity contribution is -0.136. The summed E-state index contributed by atoms with van der Waals surface area (Å²) < 4.78 is 0. The van der Waals surface area contributed by atoms with Gasteiger partial charge >= 0.3 is 0 Å². The summed E-state index contributed by atoms with van der Waals surface area (Å²) in [6.45, 7) is 3.85. The van der Waals surface area contributed by atoms with Crippen molar-refractivity contribution in [2.24, 2.45) is 5.92 Å². The summed E-state index contributed by atoms with van der Waals surface area (Å²) in [5.74, 6) is 0.123. The number of nitrogens with one attached hydrogen (secondary N) is 1. The summed E-state index contributed by atoms with van der Waals surface area (Å²) >= 11 is 0. The largest absolute Gasteiger partial charge is 0.345 e. The molecule has 0 bridgehead atoms. The van der Waals surface area contributed by atoms with Gasteiger partial charge in [-0.15, -0.1) is 0 Å². The highest BCUT2D eigenvalue weighted by molar-refractivity contribution is 5.89. The molecule has 2 saturated heterocycles. The zero-order chi connectivity index (χ0) is 10.8. The van der Waals surface area contributed by atoms with Crippen LogP contribution >= 0.6 is 0 Å². The van der Waals surface area contributed by atoms with Crippen LogP contribution in [0.25, 0.3) is 0 Å². The number of hydrogen-bond donors (Lipinski definition) is 1. The molecule has 2 amide bonds. The number of carbonyl (C=O) groups excluding carboxylic acids is 2. The zero-order valence-electron chi connectivity index (χ0n) is 9.03. The standard InChI is InChI=1S/C10H17N3O2/c1-12-7-8(6-9(12)14)10(15)13-4-2-11-3-5-13/h8,11H,2-7H2,1H3. The fourth-order valence-electron chi connectivity index (χ4n) is 2.17. The predicted molar refractivity (Wildman–Crippen MR) is 55.2 cm³/mol. The Labute approximate surface area is 89.4 Å². The average molecular weight is 211 g/mol. The van der Waals surface area contributed by atoms with Gasteiger partial charge in [0.15, 0.2) is 0 Å². The van der Waals surface area contributed by atoms with Crippen LogP contribution in [0.1, 0.15) is 6.42 Å². The fourth-order valence-corrected chi connectivity index (χ4v) is 2.17. The number of likely N-dealkylation sites (tertiary alicyclic amines) is 1. The Kier molecular flexibility index (Phi) is 2.90. The van der Waals surface area contributed by atoms with Crippen LogP contribution in [-0.4, -0.2) is 61.4 Å². The maximum Gasteiger partial charge on any atom is 0.228 e. The summed E-state index contributed by atoms with van der Waals surface area (Å²) in [6.07, 6.45) is 0.388. The second-order valence-electron chi connectivity index (χ2n) is 4.25. The van der Waals surface area contributed by atoms with E-state index in [1.165, 1.54) is 0 Å². The molecule has 2 rings (SSSR count). The molecule has 5 nitrogen and oxygen atoms in total. The zero-order valence-corrected chi connectivity index (χ0v) is 9.03. The van der Waals surface area contributed by atoms with Gasteiger partial charge in [-0.05, 0) is 0 Å². The third-order valence-corrected chi connectivity index (χ3v) is 3.12. The summed E-state index contributed by atoms with van der Waals surface area (Å²) in [6, 6.07) is 0. The van der Waals surface area contributed by atoms with Crippen LogP contribution in [0.15, 0.2) is 0 Å². The fraction of sp³-hybridized carbons (Fsp3) is 0.800. The lowest BCUT2D eigenvalue weighted by Gasteiger charge is -2.29. The first-order valence-corrected chi connectivity index (χ1v) is 5.42. The molecule has 1 atom stereocenters. The molecule has 0 saturated carbocycles. The minimum absolute atomic E-state index is 0.0866. The molecule has 1 unspecified atom stereocenters. The second-order valence-corrected chi connectivity index (χ2v) is 4.25. The molecule has 5 heteroatoms. The third kappa shape index (κ3) is 2.12. The first-order chi connectivity index (χ1) is 7.18. The molecule has 1 N–H and O–H groups in total. The molecule has 0 aromatic heterocycles. The maximum atomic E-state index is 12.0. The number of piperazine rings is 1. The van der Waals surface area contributed by atoms with E-state index < -0.39 is 0 Å². The lowest BCUT2D eigenvalue weighted by atomic mass is 10.1. The van der Waals surface area contributed by atoms with Gasteiger partial charge in [0.2, 0.25) is 11.8 Å². The van der Waals surface area contributed by atoms with Crippen molar-refractivity contribution in [2.45, 2.75) is 6.42 Å². The molecule has 2 aliphatic heterocycles. The van der Waals surface area contributed by atoms with Crippen LogP contribution in [-0.2, 0) is 9.59 Å². The van der Waals surface area contributed by atoms with Gasteiger partial charge in [-0.1, -0.05) is 0 Å². The van der Waals surface area contributed by atoms with Gasteiger partial charge in [0.1, 0.15) is 0 Å². The Morgan fingerprint density at radius 1 is 1.40 bits per heavy atom. The van der Waals surface area contributed by atoms with Crippen LogP contribution in [0, 0.1) is 5.92 Å². The minimum Gasteiger partial charge on any atom is -0.345 e. The smallest absolute Gasteiger partial charge is 0.228 e. The third-order valence-electron chi connectivity index (χ3n) is 3.12. The minimum atomic E-state index is -0.111. The highest BCUT2D eigenvalue weighted by Crippen LogP contribution is 2.18. The highest BCUT2D eigenvalue weighted by atomic mass is 16.2. The summed E-state index contributed by atoms with van der Waals surface area (Å²) in [7, 11) is 1.76. The molecule has 0 radical (unpaired) electrons. The number of rotatable bonds is 1. The molecule has 2 aliphatic rings. The van der Waals surface area contributed by atoms with Crippen LogP contribution in [0.5, 0.6) is 0 Å². The van der Waals surface area contributed by atoms with Gasteiger partial charge in [-0.3, -0.25) is 9.59 Å². The van der Waals surface area contributed by atoms with E-state index >= 15 is 0 Å². The molecular weight excluding hydrogens is 194 g/mol. The Balaban J connectivity index is 1.93. The molecule has 0 spiro atoms. The number of hydrogen-bond acceptors (Lipinski definition) is 3. The quantitative estimate of drug-likeness (QED) is 0.599. The number of amides is 2. The van der Waals surface area contributed by atoms with E-state index in [2.05, 4.69) is 5.32 Å². The molecular formula is C10H17N3O2. The van der Waals surface area contributed by atoms with Gasteiger partial charge in [0.25, 0.3) is 0 Å². The Morgan fingerprint density at radius 2 is 2.07 bits per heavy atom. The van der Waals surface area contributed by atoms with Crippen LogP contribution < -0.4 is 5.32 Å². The Morgan fingerprint density at radius 3 is 2.60 bits per heavy atom. The van der Waals surface area contributed by atoms with Crippen molar-refractivity contribution in [1.29, 1.82) is 0 Å². The van der Waals surface area contributed by atoms with Gasteiger partial charge < -0.3 is 15.1 Å². The molecule has 0 aromatic rings. The molecule has 0 aliphatic carbocycles. The second kappa shape index (κ2) is 4.18. The molecule has 84 valence electrons. The Bertz CT molecular complexity index is 274. The highest BCUT2D eigenvalue weighted by Gasteiger charge is 2.34. The van der Waals surface area contributed by atoms with Crippen molar-refractivity contribution in [2.75, 3.05) is 39.8 Å². The van der Waals surface area contributed by atoms with E-state index in [9.17, 15) is 9.59 Å². The van der Waals surface area contributed by atoms with Crippen LogP contribution in [0.4, 0.5) is 0 Å².